The average molecular weight is 389 g/mol. The average Bonchev–Trinajstić information content (AvgIpc) is 3.27. The largest absolute Gasteiger partial charge is 0.455 e. The number of carbonyl (C=O) groups is 3. The van der Waals surface area contributed by atoms with Crippen molar-refractivity contribution in [2.24, 2.45) is 23.7 Å². The minimum absolute atomic E-state index is 0.0547. The molecule has 0 aromatic rings. The van der Waals surface area contributed by atoms with Gasteiger partial charge in [-0.2, -0.15) is 0 Å². The molecular weight excluding hydrogens is 356 g/mol. The van der Waals surface area contributed by atoms with Crippen LogP contribution in [0, 0.1) is 23.7 Å². The molecule has 1 atom stereocenters. The van der Waals surface area contributed by atoms with Gasteiger partial charge in [0.2, 0.25) is 5.91 Å². The Morgan fingerprint density at radius 1 is 1.04 bits per heavy atom. The van der Waals surface area contributed by atoms with E-state index in [1.807, 2.05) is 4.90 Å². The first-order chi connectivity index (χ1) is 13.5. The number of esters is 1. The smallest absolute Gasteiger partial charge is 0.311 e. The zero-order valence-corrected chi connectivity index (χ0v) is 16.7. The second-order valence-corrected chi connectivity index (χ2v) is 10.2. The third-order valence-electron chi connectivity index (χ3n) is 8.05. The minimum atomic E-state index is -0.416. The summed E-state index contributed by atoms with van der Waals surface area (Å²) in [4.78, 5) is 39.1. The fourth-order valence-corrected chi connectivity index (χ4v) is 7.31. The number of rotatable bonds is 5. The molecule has 6 aliphatic rings. The van der Waals surface area contributed by atoms with Crippen molar-refractivity contribution >= 4 is 17.8 Å². The van der Waals surface area contributed by atoms with Crippen LogP contribution in [0.25, 0.3) is 0 Å². The standard InChI is InChI=1S/C22H32N2O4/c25-19(23-22-9-14-5-15(10-22)7-16(6-14)11-22)13-28-21(27)17-8-20(26)24(12-17)18-3-1-2-4-18/h14-18H,1-13H2,(H,23,25)/t14?,15?,16?,17-,22?/m0/s1. The van der Waals surface area contributed by atoms with Crippen molar-refractivity contribution in [1.29, 1.82) is 0 Å². The van der Waals surface area contributed by atoms with Crippen LogP contribution in [0.15, 0.2) is 0 Å². The number of nitrogens with one attached hydrogen (secondary N) is 1. The lowest BCUT2D eigenvalue weighted by molar-refractivity contribution is -0.153. The second kappa shape index (κ2) is 7.03. The number of nitrogens with zero attached hydrogens (tertiary/aromatic N) is 1. The summed E-state index contributed by atoms with van der Waals surface area (Å²) in [6.07, 6.45) is 11.9. The van der Waals surface area contributed by atoms with E-state index in [-0.39, 0.29) is 30.4 Å². The topological polar surface area (TPSA) is 75.7 Å². The SMILES string of the molecule is O=C(COC(=O)[C@H]1CC(=O)N(C2CCCC2)C1)NC12CC3CC(CC(C3)C1)C2. The van der Waals surface area contributed by atoms with Gasteiger partial charge in [0.1, 0.15) is 0 Å². The fraction of sp³-hybridized carbons (Fsp3) is 0.864. The molecule has 6 nitrogen and oxygen atoms in total. The van der Waals surface area contributed by atoms with Gasteiger partial charge in [-0.3, -0.25) is 14.4 Å². The van der Waals surface area contributed by atoms with Gasteiger partial charge >= 0.3 is 5.97 Å². The molecule has 0 aromatic carbocycles. The third kappa shape index (κ3) is 3.43. The van der Waals surface area contributed by atoms with Crippen molar-refractivity contribution in [1.82, 2.24) is 10.2 Å². The summed E-state index contributed by atoms with van der Waals surface area (Å²) in [5.41, 5.74) is -0.0547. The Morgan fingerprint density at radius 3 is 2.25 bits per heavy atom. The van der Waals surface area contributed by atoms with E-state index in [0.717, 1.165) is 62.7 Å². The molecule has 6 rings (SSSR count). The van der Waals surface area contributed by atoms with Crippen LogP contribution in [0.2, 0.25) is 0 Å². The van der Waals surface area contributed by atoms with Crippen LogP contribution in [0.3, 0.4) is 0 Å². The zero-order chi connectivity index (χ0) is 19.3. The van der Waals surface area contributed by atoms with Crippen LogP contribution >= 0.6 is 0 Å². The lowest BCUT2D eigenvalue weighted by atomic mass is 9.53. The monoisotopic (exact) mass is 388 g/mol. The lowest BCUT2D eigenvalue weighted by Crippen LogP contribution is -2.60. The molecule has 6 heteroatoms. The first kappa shape index (κ1) is 18.4. The zero-order valence-electron chi connectivity index (χ0n) is 16.7. The minimum Gasteiger partial charge on any atom is -0.455 e. The molecule has 1 saturated heterocycles. The summed E-state index contributed by atoms with van der Waals surface area (Å²) < 4.78 is 5.33. The lowest BCUT2D eigenvalue weighted by Gasteiger charge is -2.56. The first-order valence-corrected chi connectivity index (χ1v) is 11.3. The second-order valence-electron chi connectivity index (χ2n) is 10.2. The number of likely N-dealkylation sites (tertiary alicyclic amines) is 1. The van der Waals surface area contributed by atoms with E-state index >= 15 is 0 Å². The summed E-state index contributed by atoms with van der Waals surface area (Å²) in [6, 6.07) is 0.296. The molecule has 154 valence electrons. The van der Waals surface area contributed by atoms with Gasteiger partial charge in [-0.25, -0.2) is 0 Å². The molecule has 1 N–H and O–H groups in total. The molecule has 28 heavy (non-hydrogen) atoms. The Hall–Kier alpha value is -1.59. The van der Waals surface area contributed by atoms with Crippen LogP contribution in [0.4, 0.5) is 0 Å². The maximum absolute atomic E-state index is 12.5. The highest BCUT2D eigenvalue weighted by Crippen LogP contribution is 2.55. The van der Waals surface area contributed by atoms with Crippen LogP contribution in [0.5, 0.6) is 0 Å². The van der Waals surface area contributed by atoms with Gasteiger partial charge in [0.15, 0.2) is 6.61 Å². The van der Waals surface area contributed by atoms with Crippen molar-refractivity contribution in [3.05, 3.63) is 0 Å². The highest BCUT2D eigenvalue weighted by molar-refractivity contribution is 5.88. The van der Waals surface area contributed by atoms with E-state index in [0.29, 0.717) is 12.6 Å². The Kier molecular flexibility index (Phi) is 4.63. The van der Waals surface area contributed by atoms with Gasteiger partial charge in [0.25, 0.3) is 5.91 Å². The van der Waals surface area contributed by atoms with Crippen LogP contribution < -0.4 is 5.32 Å². The van der Waals surface area contributed by atoms with Crippen LogP contribution in [-0.4, -0.2) is 47.4 Å². The van der Waals surface area contributed by atoms with Crippen LogP contribution in [-0.2, 0) is 19.1 Å². The number of amides is 2. The van der Waals surface area contributed by atoms with E-state index in [1.165, 1.54) is 19.3 Å². The summed E-state index contributed by atoms with van der Waals surface area (Å²) >= 11 is 0. The number of carbonyl (C=O) groups excluding carboxylic acids is 3. The molecule has 0 unspecified atom stereocenters. The van der Waals surface area contributed by atoms with Gasteiger partial charge in [0, 0.05) is 24.5 Å². The predicted molar refractivity (Wildman–Crippen MR) is 102 cm³/mol. The molecule has 5 saturated carbocycles. The maximum Gasteiger partial charge on any atom is 0.311 e. The van der Waals surface area contributed by atoms with Gasteiger partial charge < -0.3 is 15.0 Å². The summed E-state index contributed by atoms with van der Waals surface area (Å²) in [6.45, 7) is 0.244. The highest BCUT2D eigenvalue weighted by atomic mass is 16.5. The molecular formula is C22H32N2O4. The first-order valence-electron chi connectivity index (χ1n) is 11.3. The van der Waals surface area contributed by atoms with Crippen molar-refractivity contribution in [2.45, 2.75) is 82.2 Å². The summed E-state index contributed by atoms with van der Waals surface area (Å²) in [5, 5.41) is 3.24. The molecule has 0 aromatic heterocycles. The van der Waals surface area contributed by atoms with Crippen molar-refractivity contribution in [2.75, 3.05) is 13.2 Å². The summed E-state index contributed by atoms with van der Waals surface area (Å²) in [5.74, 6) is 1.37. The van der Waals surface area contributed by atoms with Gasteiger partial charge in [-0.05, 0) is 69.1 Å². The van der Waals surface area contributed by atoms with E-state index in [1.54, 1.807) is 0 Å². The van der Waals surface area contributed by atoms with E-state index in [2.05, 4.69) is 5.32 Å². The molecule has 1 heterocycles. The van der Waals surface area contributed by atoms with E-state index in [9.17, 15) is 14.4 Å². The molecule has 6 fully saturated rings. The number of hydrogen-bond donors (Lipinski definition) is 1. The maximum atomic E-state index is 12.5. The van der Waals surface area contributed by atoms with E-state index in [4.69, 9.17) is 4.74 Å². The summed E-state index contributed by atoms with van der Waals surface area (Å²) in [7, 11) is 0. The molecule has 1 aliphatic heterocycles. The van der Waals surface area contributed by atoms with Gasteiger partial charge in [0.05, 0.1) is 5.92 Å². The Labute approximate surface area is 166 Å². The molecule has 5 aliphatic carbocycles. The Balaban J connectivity index is 1.11. The van der Waals surface area contributed by atoms with Gasteiger partial charge in [-0.1, -0.05) is 12.8 Å². The van der Waals surface area contributed by atoms with Crippen LogP contribution in [0.1, 0.15) is 70.6 Å². The van der Waals surface area contributed by atoms with Crippen molar-refractivity contribution in [3.63, 3.8) is 0 Å². The van der Waals surface area contributed by atoms with Gasteiger partial charge in [-0.15, -0.1) is 0 Å². The molecule has 2 amide bonds. The van der Waals surface area contributed by atoms with Crippen molar-refractivity contribution < 1.29 is 19.1 Å². The molecule has 4 bridgehead atoms. The molecule has 0 spiro atoms. The normalized spacial score (nSPS) is 39.6. The third-order valence-corrected chi connectivity index (χ3v) is 8.05. The Bertz CT molecular complexity index is 634. The highest BCUT2D eigenvalue weighted by Gasteiger charge is 2.51. The molecule has 0 radical (unpaired) electrons. The fourth-order valence-electron chi connectivity index (χ4n) is 7.31. The van der Waals surface area contributed by atoms with Crippen molar-refractivity contribution in [3.8, 4) is 0 Å². The number of hydrogen-bond acceptors (Lipinski definition) is 4. The quantitative estimate of drug-likeness (QED) is 0.734. The number of ether oxygens (including phenoxy) is 1. The predicted octanol–water partition coefficient (Wildman–Crippen LogP) is 2.41. The van der Waals surface area contributed by atoms with E-state index < -0.39 is 11.9 Å². The Morgan fingerprint density at radius 2 is 1.64 bits per heavy atom.